The fraction of sp³-hybridized carbons (Fsp3) is 0.357. The number of methoxy groups -OCH3 is 2. The normalized spacial score (nSPS) is 21.0. The van der Waals surface area contributed by atoms with Crippen molar-refractivity contribution in [2.24, 2.45) is 0 Å². The van der Waals surface area contributed by atoms with Gasteiger partial charge in [0.05, 0.1) is 32.3 Å². The van der Waals surface area contributed by atoms with E-state index in [9.17, 15) is 23.1 Å². The second-order valence-corrected chi connectivity index (χ2v) is 4.92. The first-order valence-electron chi connectivity index (χ1n) is 6.40. The molecule has 0 aliphatic carbocycles. The van der Waals surface area contributed by atoms with Crippen molar-refractivity contribution in [1.82, 2.24) is 0 Å². The minimum absolute atomic E-state index is 0.00113. The predicted octanol–water partition coefficient (Wildman–Crippen LogP) is 2.67. The van der Waals surface area contributed by atoms with E-state index in [1.54, 1.807) is 0 Å². The van der Waals surface area contributed by atoms with E-state index in [0.717, 1.165) is 0 Å². The molecule has 2 heterocycles. The number of fused-ring (bicyclic) bond motifs is 2. The summed E-state index contributed by atoms with van der Waals surface area (Å²) >= 11 is 0. The van der Waals surface area contributed by atoms with E-state index < -0.39 is 29.9 Å². The van der Waals surface area contributed by atoms with Crippen LogP contribution in [-0.2, 0) is 0 Å². The van der Waals surface area contributed by atoms with E-state index in [0.29, 0.717) is 5.39 Å². The Bertz CT molecular complexity index is 794. The number of hydrogen-bond donors (Lipinski definition) is 1. The number of rotatable bonds is 2. The number of aliphatic hydroxyl groups is 1. The molecule has 3 rings (SSSR count). The second-order valence-electron chi connectivity index (χ2n) is 4.92. The average Bonchev–Trinajstić information content (AvgIpc) is 2.92. The topological polar surface area (TPSA) is 78.1 Å². The third kappa shape index (κ3) is 2.03. The zero-order valence-corrected chi connectivity index (χ0v) is 12.0. The third-order valence-corrected chi connectivity index (χ3v) is 3.58. The lowest BCUT2D eigenvalue weighted by Gasteiger charge is -2.35. The SMILES string of the molecule is COc1c2c(c(OC)c3occc13)OC(O)(C(F)(F)F)CC2=O. The molecule has 1 atom stereocenters. The summed E-state index contributed by atoms with van der Waals surface area (Å²) in [5, 5.41) is 10.1. The van der Waals surface area contributed by atoms with Crippen molar-refractivity contribution in [3.63, 3.8) is 0 Å². The van der Waals surface area contributed by atoms with Gasteiger partial charge in [0.2, 0.25) is 5.75 Å². The van der Waals surface area contributed by atoms with Gasteiger partial charge in [-0.05, 0) is 6.07 Å². The number of benzene rings is 1. The van der Waals surface area contributed by atoms with Gasteiger partial charge in [-0.25, -0.2) is 0 Å². The van der Waals surface area contributed by atoms with Crippen LogP contribution in [0.4, 0.5) is 13.2 Å². The minimum atomic E-state index is -5.17. The van der Waals surface area contributed by atoms with Crippen LogP contribution in [0.1, 0.15) is 16.8 Å². The molecular formula is C14H11F3O6. The van der Waals surface area contributed by atoms with Gasteiger partial charge in [-0.2, -0.15) is 13.2 Å². The predicted molar refractivity (Wildman–Crippen MR) is 69.9 cm³/mol. The lowest BCUT2D eigenvalue weighted by atomic mass is 9.95. The van der Waals surface area contributed by atoms with Gasteiger partial charge in [-0.3, -0.25) is 4.79 Å². The Balaban J connectivity index is 2.35. The molecule has 1 aliphatic rings. The highest BCUT2D eigenvalue weighted by atomic mass is 19.4. The van der Waals surface area contributed by atoms with Gasteiger partial charge in [0.15, 0.2) is 17.1 Å². The molecular weight excluding hydrogens is 321 g/mol. The molecule has 2 aromatic rings. The molecule has 0 radical (unpaired) electrons. The smallest absolute Gasteiger partial charge is 0.455 e. The standard InChI is InChI=1S/C14H11F3O6/c1-20-9-6-3-4-22-10(6)12(21-2)11-8(9)7(18)5-13(19,23-11)14(15,16)17/h3-4,19H,5H2,1-2H3. The van der Waals surface area contributed by atoms with E-state index in [4.69, 9.17) is 18.6 Å². The maximum absolute atomic E-state index is 13.0. The quantitative estimate of drug-likeness (QED) is 0.911. The van der Waals surface area contributed by atoms with Gasteiger partial charge in [0.25, 0.3) is 0 Å². The zero-order valence-electron chi connectivity index (χ0n) is 12.0. The number of alkyl halides is 3. The number of ketones is 1. The van der Waals surface area contributed by atoms with E-state index in [1.165, 1.54) is 26.5 Å². The summed E-state index contributed by atoms with van der Waals surface area (Å²) in [5.41, 5.74) is -0.186. The molecule has 1 N–H and O–H groups in total. The molecule has 9 heteroatoms. The molecule has 0 amide bonds. The Morgan fingerprint density at radius 1 is 1.26 bits per heavy atom. The molecule has 0 saturated carbocycles. The highest BCUT2D eigenvalue weighted by Gasteiger charge is 2.61. The van der Waals surface area contributed by atoms with Crippen LogP contribution < -0.4 is 14.2 Å². The van der Waals surface area contributed by atoms with Crippen molar-refractivity contribution in [3.05, 3.63) is 17.9 Å². The summed E-state index contributed by atoms with van der Waals surface area (Å²) in [7, 11) is 2.44. The van der Waals surface area contributed by atoms with Gasteiger partial charge in [0.1, 0.15) is 11.3 Å². The van der Waals surface area contributed by atoms with Gasteiger partial charge in [-0.15, -0.1) is 0 Å². The third-order valence-electron chi connectivity index (χ3n) is 3.58. The van der Waals surface area contributed by atoms with Crippen molar-refractivity contribution in [2.45, 2.75) is 18.4 Å². The minimum Gasteiger partial charge on any atom is -0.495 e. The van der Waals surface area contributed by atoms with Crippen LogP contribution >= 0.6 is 0 Å². The number of carbonyl (C=O) groups excluding carboxylic acids is 1. The zero-order chi connectivity index (χ0) is 17.0. The first-order valence-corrected chi connectivity index (χ1v) is 6.40. The summed E-state index contributed by atoms with van der Waals surface area (Å²) in [4.78, 5) is 12.3. The number of carbonyl (C=O) groups is 1. The van der Waals surface area contributed by atoms with Crippen molar-refractivity contribution in [1.29, 1.82) is 0 Å². The molecule has 0 fully saturated rings. The molecule has 6 nitrogen and oxygen atoms in total. The monoisotopic (exact) mass is 332 g/mol. The Labute approximate surface area is 127 Å². The molecule has 1 unspecified atom stereocenters. The highest BCUT2D eigenvalue weighted by Crippen LogP contribution is 2.52. The summed E-state index contributed by atoms with van der Waals surface area (Å²) < 4.78 is 59.2. The van der Waals surface area contributed by atoms with Crippen LogP contribution in [-0.4, -0.2) is 37.1 Å². The van der Waals surface area contributed by atoms with E-state index in [1.807, 2.05) is 0 Å². The second kappa shape index (κ2) is 4.79. The average molecular weight is 332 g/mol. The Morgan fingerprint density at radius 2 is 1.91 bits per heavy atom. The van der Waals surface area contributed by atoms with Gasteiger partial charge in [0, 0.05) is 0 Å². The molecule has 0 saturated heterocycles. The number of ether oxygens (including phenoxy) is 3. The van der Waals surface area contributed by atoms with Crippen LogP contribution in [0.2, 0.25) is 0 Å². The van der Waals surface area contributed by atoms with Crippen LogP contribution in [0.25, 0.3) is 11.0 Å². The number of furan rings is 1. The van der Waals surface area contributed by atoms with E-state index in [-0.39, 0.29) is 22.6 Å². The van der Waals surface area contributed by atoms with Crippen molar-refractivity contribution < 1.29 is 41.7 Å². The molecule has 124 valence electrons. The van der Waals surface area contributed by atoms with Gasteiger partial charge in [-0.1, -0.05) is 0 Å². The summed E-state index contributed by atoms with van der Waals surface area (Å²) in [6.07, 6.45) is -5.19. The van der Waals surface area contributed by atoms with Crippen molar-refractivity contribution in [3.8, 4) is 17.2 Å². The maximum atomic E-state index is 13.0. The van der Waals surface area contributed by atoms with E-state index in [2.05, 4.69) is 0 Å². The molecule has 1 aromatic heterocycles. The Kier molecular flexibility index (Phi) is 3.22. The lowest BCUT2D eigenvalue weighted by molar-refractivity contribution is -0.334. The lowest BCUT2D eigenvalue weighted by Crippen LogP contribution is -2.54. The summed E-state index contributed by atoms with van der Waals surface area (Å²) in [6, 6.07) is 1.48. The number of Topliss-reactive ketones (excluding diaryl/α,β-unsaturated/α-hetero) is 1. The Hall–Kier alpha value is -2.42. The van der Waals surface area contributed by atoms with Gasteiger partial charge < -0.3 is 23.7 Å². The molecule has 1 aliphatic heterocycles. The number of hydrogen-bond acceptors (Lipinski definition) is 6. The first-order chi connectivity index (χ1) is 10.7. The van der Waals surface area contributed by atoms with Gasteiger partial charge >= 0.3 is 12.0 Å². The van der Waals surface area contributed by atoms with Crippen molar-refractivity contribution in [2.75, 3.05) is 14.2 Å². The molecule has 0 bridgehead atoms. The van der Waals surface area contributed by atoms with Crippen LogP contribution in [0.15, 0.2) is 16.7 Å². The van der Waals surface area contributed by atoms with Crippen LogP contribution in [0.5, 0.6) is 17.2 Å². The fourth-order valence-electron chi connectivity index (χ4n) is 2.54. The van der Waals surface area contributed by atoms with Crippen molar-refractivity contribution >= 4 is 16.8 Å². The molecule has 0 spiro atoms. The Morgan fingerprint density at radius 3 is 2.48 bits per heavy atom. The van der Waals surface area contributed by atoms with Crippen LogP contribution in [0, 0.1) is 0 Å². The molecule has 1 aromatic carbocycles. The first kappa shape index (κ1) is 15.5. The van der Waals surface area contributed by atoms with Crippen LogP contribution in [0.3, 0.4) is 0 Å². The van der Waals surface area contributed by atoms with E-state index >= 15 is 0 Å². The largest absolute Gasteiger partial charge is 0.495 e. The highest BCUT2D eigenvalue weighted by molar-refractivity contribution is 6.10. The maximum Gasteiger partial charge on any atom is 0.455 e. The summed E-state index contributed by atoms with van der Waals surface area (Å²) in [6.45, 7) is 0. The fourth-order valence-corrected chi connectivity index (χ4v) is 2.54. The number of halogens is 3. The molecule has 23 heavy (non-hydrogen) atoms. The summed E-state index contributed by atoms with van der Waals surface area (Å²) in [5.74, 6) is -5.42.